The van der Waals surface area contributed by atoms with Gasteiger partial charge in [-0.05, 0) is 42.3 Å². The number of aromatic nitrogens is 1. The van der Waals surface area contributed by atoms with Gasteiger partial charge in [0.25, 0.3) is 5.91 Å². The van der Waals surface area contributed by atoms with E-state index in [4.69, 9.17) is 14.2 Å². The highest BCUT2D eigenvalue weighted by molar-refractivity contribution is 7.16. The molecule has 0 aliphatic rings. The van der Waals surface area contributed by atoms with E-state index in [0.717, 1.165) is 27.1 Å². The van der Waals surface area contributed by atoms with Crippen LogP contribution in [-0.4, -0.2) is 44.4 Å². The zero-order valence-electron chi connectivity index (χ0n) is 17.4. The SMILES string of the molecule is COCCn1c(=NC(=O)Cc2ccc(OC)c(C)c2)sc2cc(C(=O)OC)ccc21. The second kappa shape index (κ2) is 9.69. The Bertz CT molecular complexity index is 1150. The number of hydrogen-bond acceptors (Lipinski definition) is 6. The van der Waals surface area contributed by atoms with E-state index < -0.39 is 5.97 Å². The first-order valence-electron chi connectivity index (χ1n) is 9.38. The number of benzene rings is 2. The van der Waals surface area contributed by atoms with Crippen molar-refractivity contribution in [2.75, 3.05) is 27.9 Å². The molecule has 0 atom stereocenters. The quantitative estimate of drug-likeness (QED) is 0.540. The van der Waals surface area contributed by atoms with Gasteiger partial charge < -0.3 is 18.8 Å². The van der Waals surface area contributed by atoms with E-state index in [0.29, 0.717) is 23.5 Å². The first-order chi connectivity index (χ1) is 14.5. The molecule has 30 heavy (non-hydrogen) atoms. The standard InChI is InChI=1S/C22H24N2O5S/c1-14-11-15(5-8-18(14)28-3)12-20(25)23-22-24(9-10-27-2)17-7-6-16(21(26)29-4)13-19(17)30-22/h5-8,11,13H,9-10,12H2,1-4H3. The van der Waals surface area contributed by atoms with E-state index in [1.54, 1.807) is 26.4 Å². The fourth-order valence-corrected chi connectivity index (χ4v) is 4.29. The van der Waals surface area contributed by atoms with E-state index in [2.05, 4.69) is 4.99 Å². The number of carbonyl (C=O) groups excluding carboxylic acids is 2. The normalized spacial score (nSPS) is 11.7. The molecule has 0 saturated heterocycles. The Balaban J connectivity index is 1.97. The van der Waals surface area contributed by atoms with Gasteiger partial charge in [-0.25, -0.2) is 4.79 Å². The van der Waals surface area contributed by atoms with Crippen molar-refractivity contribution in [3.63, 3.8) is 0 Å². The summed E-state index contributed by atoms with van der Waals surface area (Å²) in [6.07, 6.45) is 0.191. The first kappa shape index (κ1) is 21.7. The molecule has 3 aromatic rings. The lowest BCUT2D eigenvalue weighted by Crippen LogP contribution is -2.19. The van der Waals surface area contributed by atoms with Crippen LogP contribution in [0, 0.1) is 6.92 Å². The molecule has 1 heterocycles. The van der Waals surface area contributed by atoms with E-state index in [1.807, 2.05) is 35.8 Å². The average Bonchev–Trinajstić information content (AvgIpc) is 3.07. The number of fused-ring (bicyclic) bond motifs is 1. The average molecular weight is 429 g/mol. The minimum atomic E-state index is -0.404. The van der Waals surface area contributed by atoms with Crippen LogP contribution in [0.4, 0.5) is 0 Å². The third kappa shape index (κ3) is 4.77. The van der Waals surface area contributed by atoms with Crippen LogP contribution in [0.2, 0.25) is 0 Å². The third-order valence-corrected chi connectivity index (χ3v) is 5.70. The van der Waals surface area contributed by atoms with Gasteiger partial charge in [0.2, 0.25) is 0 Å². The van der Waals surface area contributed by atoms with Crippen LogP contribution < -0.4 is 9.54 Å². The maximum absolute atomic E-state index is 12.7. The van der Waals surface area contributed by atoms with Crippen LogP contribution in [0.25, 0.3) is 10.2 Å². The Morgan fingerprint density at radius 3 is 2.57 bits per heavy atom. The summed E-state index contributed by atoms with van der Waals surface area (Å²) in [5.41, 5.74) is 3.18. The summed E-state index contributed by atoms with van der Waals surface area (Å²) in [5.74, 6) is 0.134. The molecule has 2 aromatic carbocycles. The summed E-state index contributed by atoms with van der Waals surface area (Å²) >= 11 is 1.36. The maximum atomic E-state index is 12.7. The van der Waals surface area contributed by atoms with Crippen molar-refractivity contribution in [1.29, 1.82) is 0 Å². The zero-order chi connectivity index (χ0) is 21.7. The second-order valence-electron chi connectivity index (χ2n) is 6.69. The van der Waals surface area contributed by atoms with Gasteiger partial charge in [-0.3, -0.25) is 4.79 Å². The van der Waals surface area contributed by atoms with Crippen LogP contribution in [-0.2, 0) is 27.2 Å². The maximum Gasteiger partial charge on any atom is 0.337 e. The van der Waals surface area contributed by atoms with E-state index in [9.17, 15) is 9.59 Å². The van der Waals surface area contributed by atoms with Crippen LogP contribution >= 0.6 is 11.3 Å². The fourth-order valence-electron chi connectivity index (χ4n) is 3.17. The number of methoxy groups -OCH3 is 3. The summed E-state index contributed by atoms with van der Waals surface area (Å²) in [6, 6.07) is 10.9. The number of esters is 1. The molecule has 0 N–H and O–H groups in total. The zero-order valence-corrected chi connectivity index (χ0v) is 18.2. The molecule has 1 aromatic heterocycles. The lowest BCUT2D eigenvalue weighted by molar-refractivity contribution is -0.117. The molecule has 8 heteroatoms. The van der Waals surface area contributed by atoms with Crippen molar-refractivity contribution in [3.05, 3.63) is 57.9 Å². The Hall–Kier alpha value is -2.97. The Morgan fingerprint density at radius 1 is 1.10 bits per heavy atom. The predicted molar refractivity (Wildman–Crippen MR) is 115 cm³/mol. The highest BCUT2D eigenvalue weighted by atomic mass is 32.1. The van der Waals surface area contributed by atoms with Gasteiger partial charge in [0, 0.05) is 13.7 Å². The van der Waals surface area contributed by atoms with E-state index >= 15 is 0 Å². The number of rotatable bonds is 7. The Labute approximate surface area is 178 Å². The van der Waals surface area contributed by atoms with Gasteiger partial charge in [-0.2, -0.15) is 4.99 Å². The molecule has 3 rings (SSSR count). The van der Waals surface area contributed by atoms with Gasteiger partial charge >= 0.3 is 5.97 Å². The van der Waals surface area contributed by atoms with Crippen molar-refractivity contribution in [2.45, 2.75) is 19.9 Å². The van der Waals surface area contributed by atoms with Gasteiger partial charge in [0.1, 0.15) is 5.75 Å². The third-order valence-electron chi connectivity index (χ3n) is 4.66. The van der Waals surface area contributed by atoms with Crippen LogP contribution in [0.3, 0.4) is 0 Å². The Kier molecular flexibility index (Phi) is 7.02. The number of amides is 1. The number of nitrogens with zero attached hydrogens (tertiary/aromatic N) is 2. The molecule has 0 bridgehead atoms. The van der Waals surface area contributed by atoms with Crippen LogP contribution in [0.5, 0.6) is 5.75 Å². The molecule has 0 fully saturated rings. The highest BCUT2D eigenvalue weighted by Crippen LogP contribution is 2.21. The number of ether oxygens (including phenoxy) is 3. The minimum Gasteiger partial charge on any atom is -0.496 e. The number of carbonyl (C=O) groups is 2. The molecule has 7 nitrogen and oxygen atoms in total. The number of aryl methyl sites for hydroxylation is 1. The molecule has 158 valence electrons. The molecular weight excluding hydrogens is 404 g/mol. The van der Waals surface area contributed by atoms with Crippen molar-refractivity contribution < 1.29 is 23.8 Å². The predicted octanol–water partition coefficient (Wildman–Crippen LogP) is 3.12. The molecule has 0 saturated carbocycles. The molecule has 0 unspecified atom stereocenters. The van der Waals surface area contributed by atoms with Crippen LogP contribution in [0.15, 0.2) is 41.4 Å². The molecule has 0 radical (unpaired) electrons. The van der Waals surface area contributed by atoms with E-state index in [-0.39, 0.29) is 12.3 Å². The van der Waals surface area contributed by atoms with Gasteiger partial charge in [0.05, 0.1) is 43.0 Å². The highest BCUT2D eigenvalue weighted by Gasteiger charge is 2.12. The van der Waals surface area contributed by atoms with Gasteiger partial charge in [0.15, 0.2) is 4.80 Å². The van der Waals surface area contributed by atoms with Crippen molar-refractivity contribution in [2.24, 2.45) is 4.99 Å². The summed E-state index contributed by atoms with van der Waals surface area (Å²) < 4.78 is 18.0. The summed E-state index contributed by atoms with van der Waals surface area (Å²) in [5, 5.41) is 0. The second-order valence-corrected chi connectivity index (χ2v) is 7.70. The lowest BCUT2D eigenvalue weighted by atomic mass is 10.1. The smallest absolute Gasteiger partial charge is 0.337 e. The summed E-state index contributed by atoms with van der Waals surface area (Å²) in [4.78, 5) is 29.4. The van der Waals surface area contributed by atoms with Gasteiger partial charge in [-0.15, -0.1) is 0 Å². The first-order valence-corrected chi connectivity index (χ1v) is 10.2. The van der Waals surface area contributed by atoms with Crippen molar-refractivity contribution in [1.82, 2.24) is 4.57 Å². The molecule has 0 spiro atoms. The molecule has 1 amide bonds. The number of thiazole rings is 1. The molecule has 0 aliphatic heterocycles. The largest absolute Gasteiger partial charge is 0.496 e. The topological polar surface area (TPSA) is 79.1 Å². The van der Waals surface area contributed by atoms with Crippen molar-refractivity contribution in [3.8, 4) is 5.75 Å². The fraction of sp³-hybridized carbons (Fsp3) is 0.318. The van der Waals surface area contributed by atoms with Crippen molar-refractivity contribution >= 4 is 33.4 Å². The summed E-state index contributed by atoms with van der Waals surface area (Å²) in [6.45, 7) is 2.96. The lowest BCUT2D eigenvalue weighted by Gasteiger charge is -2.06. The molecule has 0 aliphatic carbocycles. The molecular formula is C22H24N2O5S. The monoisotopic (exact) mass is 428 g/mol. The van der Waals surface area contributed by atoms with E-state index in [1.165, 1.54) is 18.4 Å². The van der Waals surface area contributed by atoms with Gasteiger partial charge in [-0.1, -0.05) is 23.5 Å². The Morgan fingerprint density at radius 2 is 1.90 bits per heavy atom. The minimum absolute atomic E-state index is 0.191. The summed E-state index contributed by atoms with van der Waals surface area (Å²) in [7, 11) is 4.59. The van der Waals surface area contributed by atoms with Crippen LogP contribution in [0.1, 0.15) is 21.5 Å². The number of hydrogen-bond donors (Lipinski definition) is 0.